The van der Waals surface area contributed by atoms with Crippen molar-refractivity contribution in [1.82, 2.24) is 0 Å². The number of fused-ring (bicyclic) bond motifs is 3. The van der Waals surface area contributed by atoms with Crippen molar-refractivity contribution in [2.45, 2.75) is 19.8 Å². The van der Waals surface area contributed by atoms with Crippen molar-refractivity contribution in [3.05, 3.63) is 23.8 Å². The van der Waals surface area contributed by atoms with Crippen molar-refractivity contribution in [1.29, 1.82) is 0 Å². The lowest BCUT2D eigenvalue weighted by Gasteiger charge is -2.08. The molecule has 15 heavy (non-hydrogen) atoms. The van der Waals surface area contributed by atoms with Gasteiger partial charge in [0.2, 0.25) is 0 Å². The molecule has 0 radical (unpaired) electrons. The lowest BCUT2D eigenvalue weighted by Crippen LogP contribution is -1.99. The summed E-state index contributed by atoms with van der Waals surface area (Å²) >= 11 is 1.75. The van der Waals surface area contributed by atoms with E-state index >= 15 is 0 Å². The number of nitrogens with zero attached hydrogens (tertiary/aromatic N) is 1. The molecule has 2 heterocycles. The Labute approximate surface area is 92.4 Å². The number of hydrogen-bond acceptors (Lipinski definition) is 3. The van der Waals surface area contributed by atoms with Crippen LogP contribution in [0.15, 0.2) is 23.2 Å². The number of anilines is 1. The molecule has 3 rings (SSSR count). The number of benzene rings is 1. The molecule has 0 amide bonds. The Bertz CT molecular complexity index is 566. The number of nitrogens with two attached hydrogens (primary N) is 1. The second kappa shape index (κ2) is 3.07. The molecule has 0 bridgehead atoms. The van der Waals surface area contributed by atoms with Gasteiger partial charge < -0.3 is 5.73 Å². The number of aliphatic imine (C=N–C) groups is 1. The van der Waals surface area contributed by atoms with E-state index in [1.807, 2.05) is 12.1 Å². The first-order valence-electron chi connectivity index (χ1n) is 5.09. The maximum Gasteiger partial charge on any atom is 0.120 e. The number of rotatable bonds is 0. The molecule has 3 heteroatoms. The van der Waals surface area contributed by atoms with Crippen LogP contribution >= 0.6 is 11.3 Å². The molecule has 0 fully saturated rings. The molecular weight excluding hydrogens is 204 g/mol. The Morgan fingerprint density at radius 3 is 3.07 bits per heavy atom. The second-order valence-corrected chi connectivity index (χ2v) is 5.02. The molecule has 1 aromatic heterocycles. The molecule has 1 aliphatic heterocycles. The van der Waals surface area contributed by atoms with Crippen molar-refractivity contribution in [3.63, 3.8) is 0 Å². The second-order valence-electron chi connectivity index (χ2n) is 3.99. The summed E-state index contributed by atoms with van der Waals surface area (Å²) in [4.78, 5) is 4.61. The van der Waals surface area contributed by atoms with Gasteiger partial charge in [0.15, 0.2) is 0 Å². The molecule has 2 N–H and O–H groups in total. The van der Waals surface area contributed by atoms with Gasteiger partial charge in [-0.15, -0.1) is 11.3 Å². The third kappa shape index (κ3) is 1.35. The minimum absolute atomic E-state index is 0.835. The van der Waals surface area contributed by atoms with E-state index in [0.717, 1.165) is 18.5 Å². The number of hydrogen-bond donors (Lipinski definition) is 1. The third-order valence-corrected chi connectivity index (χ3v) is 3.91. The van der Waals surface area contributed by atoms with Crippen LogP contribution in [0.3, 0.4) is 0 Å². The summed E-state index contributed by atoms with van der Waals surface area (Å²) in [5.74, 6) is 0. The minimum Gasteiger partial charge on any atom is -0.399 e. The monoisotopic (exact) mass is 216 g/mol. The average Bonchev–Trinajstić information content (AvgIpc) is 2.53. The van der Waals surface area contributed by atoms with Crippen LogP contribution in [0.25, 0.3) is 10.1 Å². The molecule has 0 saturated carbocycles. The summed E-state index contributed by atoms with van der Waals surface area (Å²) in [7, 11) is 0. The first-order valence-corrected chi connectivity index (χ1v) is 5.91. The lowest BCUT2D eigenvalue weighted by atomic mass is 10.0. The van der Waals surface area contributed by atoms with Crippen LogP contribution in [0.5, 0.6) is 0 Å². The molecular formula is C12H12N2S. The highest BCUT2D eigenvalue weighted by atomic mass is 32.1. The van der Waals surface area contributed by atoms with Gasteiger partial charge in [0.1, 0.15) is 5.00 Å². The predicted octanol–water partition coefficient (Wildman–Crippen LogP) is 3.52. The summed E-state index contributed by atoms with van der Waals surface area (Å²) in [6, 6.07) is 6.14. The zero-order chi connectivity index (χ0) is 10.4. The molecule has 0 atom stereocenters. The van der Waals surface area contributed by atoms with Crippen molar-refractivity contribution in [3.8, 4) is 0 Å². The van der Waals surface area contributed by atoms with Gasteiger partial charge in [-0.1, -0.05) is 6.07 Å². The van der Waals surface area contributed by atoms with Gasteiger partial charge in [0.25, 0.3) is 0 Å². The van der Waals surface area contributed by atoms with Crippen LogP contribution in [0.4, 0.5) is 10.7 Å². The summed E-state index contributed by atoms with van der Waals surface area (Å²) in [6.07, 6.45) is 2.21. The normalized spacial score (nSPS) is 15.1. The van der Waals surface area contributed by atoms with Gasteiger partial charge in [-0.3, -0.25) is 0 Å². The van der Waals surface area contributed by atoms with E-state index in [-0.39, 0.29) is 0 Å². The van der Waals surface area contributed by atoms with Gasteiger partial charge in [0.05, 0.1) is 0 Å². The molecule has 1 aliphatic rings. The summed E-state index contributed by atoms with van der Waals surface area (Å²) in [5.41, 5.74) is 9.26. The molecule has 76 valence electrons. The maximum atomic E-state index is 5.78. The molecule has 2 aromatic rings. The lowest BCUT2D eigenvalue weighted by molar-refractivity contribution is 1.02. The van der Waals surface area contributed by atoms with E-state index < -0.39 is 0 Å². The Morgan fingerprint density at radius 1 is 1.33 bits per heavy atom. The topological polar surface area (TPSA) is 38.4 Å². The van der Waals surface area contributed by atoms with Crippen LogP contribution in [0.2, 0.25) is 0 Å². The standard InChI is InChI=1S/C12H12N2S/c1-7-2-4-10-9-5-3-8(13)6-11(9)15-12(10)14-7/h3,5-6H,2,4,13H2,1H3. The Morgan fingerprint density at radius 2 is 2.20 bits per heavy atom. The molecule has 0 saturated heterocycles. The Balaban J connectivity index is 2.33. The van der Waals surface area contributed by atoms with Gasteiger partial charge in [0, 0.05) is 16.1 Å². The molecule has 2 nitrogen and oxygen atoms in total. The van der Waals surface area contributed by atoms with E-state index in [4.69, 9.17) is 5.73 Å². The van der Waals surface area contributed by atoms with Crippen molar-refractivity contribution in [2.75, 3.05) is 5.73 Å². The molecule has 0 unspecified atom stereocenters. The van der Waals surface area contributed by atoms with E-state index in [2.05, 4.69) is 18.0 Å². The minimum atomic E-state index is 0.835. The molecule has 0 spiro atoms. The number of nitrogen functional groups attached to an aromatic ring is 1. The van der Waals surface area contributed by atoms with Gasteiger partial charge in [-0.25, -0.2) is 4.99 Å². The highest BCUT2D eigenvalue weighted by molar-refractivity contribution is 7.22. The van der Waals surface area contributed by atoms with Crippen LogP contribution in [-0.2, 0) is 6.42 Å². The third-order valence-electron chi connectivity index (χ3n) is 2.82. The molecule has 0 aliphatic carbocycles. The van der Waals surface area contributed by atoms with Crippen molar-refractivity contribution < 1.29 is 0 Å². The first kappa shape index (κ1) is 8.92. The smallest absolute Gasteiger partial charge is 0.120 e. The fourth-order valence-electron chi connectivity index (χ4n) is 2.02. The van der Waals surface area contributed by atoms with Gasteiger partial charge in [-0.05, 0) is 42.8 Å². The Kier molecular flexibility index (Phi) is 1.83. The summed E-state index contributed by atoms with van der Waals surface area (Å²) < 4.78 is 1.26. The van der Waals surface area contributed by atoms with Crippen LogP contribution in [0, 0.1) is 0 Å². The highest BCUT2D eigenvalue weighted by Crippen LogP contribution is 2.41. The fraction of sp³-hybridized carbons (Fsp3) is 0.250. The van der Waals surface area contributed by atoms with Crippen LogP contribution < -0.4 is 5.73 Å². The Hall–Kier alpha value is -1.35. The van der Waals surface area contributed by atoms with E-state index in [0.29, 0.717) is 0 Å². The van der Waals surface area contributed by atoms with Gasteiger partial charge >= 0.3 is 0 Å². The number of thiophene rings is 1. The van der Waals surface area contributed by atoms with E-state index in [9.17, 15) is 0 Å². The van der Waals surface area contributed by atoms with Gasteiger partial charge in [-0.2, -0.15) is 0 Å². The van der Waals surface area contributed by atoms with E-state index in [1.165, 1.54) is 26.4 Å². The fourth-order valence-corrected chi connectivity index (χ4v) is 3.26. The van der Waals surface area contributed by atoms with Crippen LogP contribution in [0.1, 0.15) is 18.9 Å². The SMILES string of the molecule is CC1=Nc2sc3cc(N)ccc3c2CC1. The largest absolute Gasteiger partial charge is 0.399 e. The quantitative estimate of drug-likeness (QED) is 0.672. The average molecular weight is 216 g/mol. The predicted molar refractivity (Wildman–Crippen MR) is 67.3 cm³/mol. The highest BCUT2D eigenvalue weighted by Gasteiger charge is 2.15. The first-order chi connectivity index (χ1) is 7.24. The maximum absolute atomic E-state index is 5.78. The van der Waals surface area contributed by atoms with Crippen LogP contribution in [-0.4, -0.2) is 5.71 Å². The number of aryl methyl sites for hydroxylation is 1. The zero-order valence-corrected chi connectivity index (χ0v) is 9.40. The molecule has 1 aromatic carbocycles. The summed E-state index contributed by atoms with van der Waals surface area (Å²) in [6.45, 7) is 2.10. The van der Waals surface area contributed by atoms with E-state index in [1.54, 1.807) is 11.3 Å². The van der Waals surface area contributed by atoms with Crippen molar-refractivity contribution in [2.24, 2.45) is 4.99 Å². The van der Waals surface area contributed by atoms with Crippen molar-refractivity contribution >= 4 is 37.8 Å². The summed E-state index contributed by atoms with van der Waals surface area (Å²) in [5, 5.41) is 2.51. The zero-order valence-electron chi connectivity index (χ0n) is 8.58.